The average molecular weight is 349 g/mol. The maximum atomic E-state index is 12.4. The van der Waals surface area contributed by atoms with Gasteiger partial charge in [0.2, 0.25) is 0 Å². The highest BCUT2D eigenvalue weighted by Gasteiger charge is 2.25. The summed E-state index contributed by atoms with van der Waals surface area (Å²) in [4.78, 5) is 30.0. The van der Waals surface area contributed by atoms with Crippen molar-refractivity contribution in [2.24, 2.45) is 5.92 Å². The number of carbonyl (C=O) groups excluding carboxylic acids is 1. The van der Waals surface area contributed by atoms with E-state index in [1.54, 1.807) is 12.3 Å². The molecule has 1 aromatic rings. The summed E-state index contributed by atoms with van der Waals surface area (Å²) >= 11 is 0. The van der Waals surface area contributed by atoms with E-state index in [0.29, 0.717) is 6.42 Å². The first kappa shape index (κ1) is 19.2. The SMILES string of the molecule is CC(C)C[C@@H](NC(=O)c1cc(N2CC(C)OC(C)C2)ccn1)C(=O)O. The number of anilines is 1. The molecule has 2 N–H and O–H groups in total. The van der Waals surface area contributed by atoms with Crippen LogP contribution in [0.25, 0.3) is 0 Å². The van der Waals surface area contributed by atoms with Crippen molar-refractivity contribution in [1.82, 2.24) is 10.3 Å². The summed E-state index contributed by atoms with van der Waals surface area (Å²) in [5.74, 6) is -1.34. The molecule has 7 nitrogen and oxygen atoms in total. The number of amides is 1. The maximum Gasteiger partial charge on any atom is 0.326 e. The van der Waals surface area contributed by atoms with Gasteiger partial charge in [-0.1, -0.05) is 13.8 Å². The second kappa shape index (κ2) is 8.29. The van der Waals surface area contributed by atoms with Gasteiger partial charge in [-0.05, 0) is 38.3 Å². The van der Waals surface area contributed by atoms with Crippen molar-refractivity contribution in [1.29, 1.82) is 0 Å². The molecule has 0 aliphatic carbocycles. The third-order valence-corrected chi connectivity index (χ3v) is 4.07. The van der Waals surface area contributed by atoms with E-state index in [1.807, 2.05) is 33.8 Å². The van der Waals surface area contributed by atoms with Gasteiger partial charge in [0.1, 0.15) is 11.7 Å². The Morgan fingerprint density at radius 1 is 1.36 bits per heavy atom. The summed E-state index contributed by atoms with van der Waals surface area (Å²) in [6, 6.07) is 2.64. The molecule has 2 unspecified atom stereocenters. The zero-order valence-corrected chi connectivity index (χ0v) is 15.2. The van der Waals surface area contributed by atoms with Gasteiger partial charge in [0.05, 0.1) is 12.2 Å². The molecule has 1 fully saturated rings. The zero-order chi connectivity index (χ0) is 18.6. The van der Waals surface area contributed by atoms with Gasteiger partial charge in [0.25, 0.3) is 5.91 Å². The van der Waals surface area contributed by atoms with Crippen LogP contribution in [0.5, 0.6) is 0 Å². The normalized spacial score (nSPS) is 21.9. The fourth-order valence-corrected chi connectivity index (χ4v) is 3.05. The van der Waals surface area contributed by atoms with Crippen molar-refractivity contribution in [2.45, 2.75) is 52.4 Å². The molecule has 2 rings (SSSR count). The number of nitrogens with zero attached hydrogens (tertiary/aromatic N) is 2. The molecule has 0 saturated carbocycles. The Balaban J connectivity index is 2.11. The largest absolute Gasteiger partial charge is 0.480 e. The molecule has 0 radical (unpaired) electrons. The minimum atomic E-state index is -1.03. The third-order valence-electron chi connectivity index (χ3n) is 4.07. The smallest absolute Gasteiger partial charge is 0.326 e. The Bertz CT molecular complexity index is 610. The molecule has 1 aliphatic rings. The van der Waals surface area contributed by atoms with Crippen molar-refractivity contribution in [3.05, 3.63) is 24.0 Å². The quantitative estimate of drug-likeness (QED) is 0.815. The van der Waals surface area contributed by atoms with E-state index in [-0.39, 0.29) is 23.8 Å². The van der Waals surface area contributed by atoms with E-state index >= 15 is 0 Å². The summed E-state index contributed by atoms with van der Waals surface area (Å²) < 4.78 is 5.73. The number of aliphatic carboxylic acids is 1. The first-order valence-corrected chi connectivity index (χ1v) is 8.66. The van der Waals surface area contributed by atoms with Crippen molar-refractivity contribution in [3.8, 4) is 0 Å². The van der Waals surface area contributed by atoms with Gasteiger partial charge in [-0.15, -0.1) is 0 Å². The number of hydrogen-bond donors (Lipinski definition) is 2. The second-order valence-electron chi connectivity index (χ2n) is 7.06. The Morgan fingerprint density at radius 3 is 2.56 bits per heavy atom. The van der Waals surface area contributed by atoms with Gasteiger partial charge < -0.3 is 20.1 Å². The van der Waals surface area contributed by atoms with E-state index in [2.05, 4.69) is 15.2 Å². The van der Waals surface area contributed by atoms with Gasteiger partial charge in [-0.25, -0.2) is 4.79 Å². The van der Waals surface area contributed by atoms with E-state index in [9.17, 15) is 14.7 Å². The monoisotopic (exact) mass is 349 g/mol. The molecule has 3 atom stereocenters. The standard InChI is InChI=1S/C18H27N3O4/c1-11(2)7-16(18(23)24)20-17(22)15-8-14(5-6-19-15)21-9-12(3)25-13(4)10-21/h5-6,8,11-13,16H,7,9-10H2,1-4H3,(H,20,22)(H,23,24)/t12?,13?,16-/m1/s1. The topological polar surface area (TPSA) is 91.8 Å². The number of morpholine rings is 1. The lowest BCUT2D eigenvalue weighted by molar-refractivity contribution is -0.139. The highest BCUT2D eigenvalue weighted by molar-refractivity contribution is 5.95. The summed E-state index contributed by atoms with van der Waals surface area (Å²) in [5.41, 5.74) is 1.11. The zero-order valence-electron chi connectivity index (χ0n) is 15.2. The molecule has 1 aliphatic heterocycles. The minimum Gasteiger partial charge on any atom is -0.480 e. The number of nitrogens with one attached hydrogen (secondary N) is 1. The number of hydrogen-bond acceptors (Lipinski definition) is 5. The summed E-state index contributed by atoms with van der Waals surface area (Å²) in [6.07, 6.45) is 2.17. The van der Waals surface area contributed by atoms with Gasteiger partial charge >= 0.3 is 5.97 Å². The number of carboxylic acid groups (broad SMARTS) is 1. The molecule has 7 heteroatoms. The summed E-state index contributed by atoms with van der Waals surface area (Å²) in [6.45, 7) is 9.34. The molecule has 0 aromatic carbocycles. The van der Waals surface area contributed by atoms with Crippen LogP contribution < -0.4 is 10.2 Å². The fraction of sp³-hybridized carbons (Fsp3) is 0.611. The minimum absolute atomic E-state index is 0.108. The summed E-state index contributed by atoms with van der Waals surface area (Å²) in [7, 11) is 0. The van der Waals surface area contributed by atoms with Crippen molar-refractivity contribution in [3.63, 3.8) is 0 Å². The first-order chi connectivity index (χ1) is 11.8. The molecule has 0 spiro atoms. The predicted octanol–water partition coefficient (Wildman–Crippen LogP) is 1.92. The van der Waals surface area contributed by atoms with Crippen LogP contribution in [0.4, 0.5) is 5.69 Å². The van der Waals surface area contributed by atoms with Crippen LogP contribution in [-0.4, -0.2) is 53.3 Å². The lowest BCUT2D eigenvalue weighted by Gasteiger charge is -2.36. The molecule has 2 heterocycles. The lowest BCUT2D eigenvalue weighted by Crippen LogP contribution is -2.45. The van der Waals surface area contributed by atoms with Crippen LogP contribution in [0, 0.1) is 5.92 Å². The number of pyridine rings is 1. The van der Waals surface area contributed by atoms with Gasteiger partial charge in [0, 0.05) is 25.0 Å². The average Bonchev–Trinajstić information content (AvgIpc) is 2.53. The van der Waals surface area contributed by atoms with Crippen molar-refractivity contribution in [2.75, 3.05) is 18.0 Å². The van der Waals surface area contributed by atoms with Crippen LogP contribution >= 0.6 is 0 Å². The number of carbonyl (C=O) groups is 2. The maximum absolute atomic E-state index is 12.4. The molecule has 138 valence electrons. The Morgan fingerprint density at radius 2 is 2.00 bits per heavy atom. The number of ether oxygens (including phenoxy) is 1. The van der Waals surface area contributed by atoms with E-state index < -0.39 is 17.9 Å². The number of carboxylic acids is 1. The van der Waals surface area contributed by atoms with Crippen LogP contribution in [0.2, 0.25) is 0 Å². The number of aromatic nitrogens is 1. The van der Waals surface area contributed by atoms with E-state index in [0.717, 1.165) is 18.8 Å². The number of rotatable bonds is 6. The molecule has 25 heavy (non-hydrogen) atoms. The summed E-state index contributed by atoms with van der Waals surface area (Å²) in [5, 5.41) is 11.8. The molecule has 1 saturated heterocycles. The molecule has 1 amide bonds. The van der Waals surface area contributed by atoms with Crippen LogP contribution in [0.3, 0.4) is 0 Å². The molecular formula is C18H27N3O4. The van der Waals surface area contributed by atoms with Crippen molar-refractivity contribution < 1.29 is 19.4 Å². The van der Waals surface area contributed by atoms with E-state index in [4.69, 9.17) is 4.74 Å². The highest BCUT2D eigenvalue weighted by Crippen LogP contribution is 2.20. The predicted molar refractivity (Wildman–Crippen MR) is 94.8 cm³/mol. The Hall–Kier alpha value is -2.15. The van der Waals surface area contributed by atoms with Crippen LogP contribution in [0.15, 0.2) is 18.3 Å². The van der Waals surface area contributed by atoms with Crippen molar-refractivity contribution >= 4 is 17.6 Å². The second-order valence-corrected chi connectivity index (χ2v) is 7.06. The lowest BCUT2D eigenvalue weighted by atomic mass is 10.0. The van der Waals surface area contributed by atoms with Crippen LogP contribution in [-0.2, 0) is 9.53 Å². The third kappa shape index (κ3) is 5.42. The molecule has 1 aromatic heterocycles. The fourth-order valence-electron chi connectivity index (χ4n) is 3.05. The first-order valence-electron chi connectivity index (χ1n) is 8.66. The molecular weight excluding hydrogens is 322 g/mol. The van der Waals surface area contributed by atoms with E-state index in [1.165, 1.54) is 0 Å². The Kier molecular flexibility index (Phi) is 6.36. The highest BCUT2D eigenvalue weighted by atomic mass is 16.5. The van der Waals surface area contributed by atoms with Gasteiger partial charge in [-0.2, -0.15) is 0 Å². The van der Waals surface area contributed by atoms with Gasteiger partial charge in [0.15, 0.2) is 0 Å². The van der Waals surface area contributed by atoms with Crippen LogP contribution in [0.1, 0.15) is 44.6 Å². The Labute approximate surface area is 148 Å². The molecule has 0 bridgehead atoms. The van der Waals surface area contributed by atoms with Gasteiger partial charge in [-0.3, -0.25) is 9.78 Å².